The smallest absolute Gasteiger partial charge is 0.225 e. The van der Waals surface area contributed by atoms with Gasteiger partial charge in [-0.15, -0.1) is 0 Å². The standard InChI is InChI=1S/C22H22ClN5O2.C3H8O2/c1-29-22-16-8-9-28(21(16)25-12-26-22)19-7-6-15(30-19)5-3-13-2-4-14-11-17(23)20(24)27-18(14)10-13;1-3(2,4)5/h2,4,8-12,15,19H,3,5-7H2,1H3,(H2,24,27);4-5H,1-2H3. The van der Waals surface area contributed by atoms with Crippen molar-refractivity contribution in [3.63, 3.8) is 0 Å². The highest BCUT2D eigenvalue weighted by atomic mass is 35.5. The van der Waals surface area contributed by atoms with Crippen molar-refractivity contribution in [2.45, 2.75) is 57.6 Å². The number of nitrogens with zero attached hydrogens (tertiary/aromatic N) is 4. The number of rotatable bonds is 5. The number of hydrogen-bond acceptors (Lipinski definition) is 8. The molecule has 0 bridgehead atoms. The van der Waals surface area contributed by atoms with Gasteiger partial charge in [0.25, 0.3) is 0 Å². The molecule has 2 atom stereocenters. The molecular formula is C25H30ClN5O4. The molecule has 0 amide bonds. The SMILES string of the molecule is CC(C)(O)O.COc1ncnc2c1ccn2C1CCC(CCc2ccc3cc(Cl)c(N)nc3c2)O1. The fourth-order valence-corrected chi connectivity index (χ4v) is 4.29. The number of aliphatic hydroxyl groups is 2. The minimum atomic E-state index is -1.50. The van der Waals surface area contributed by atoms with Crippen molar-refractivity contribution in [3.05, 3.63) is 53.4 Å². The third kappa shape index (κ3) is 6.18. The Kier molecular flexibility index (Phi) is 7.42. The Labute approximate surface area is 208 Å². The number of nitrogen functional groups attached to an aromatic ring is 1. The highest BCUT2D eigenvalue weighted by Gasteiger charge is 2.27. The van der Waals surface area contributed by atoms with Crippen molar-refractivity contribution >= 4 is 39.4 Å². The molecule has 9 nitrogen and oxygen atoms in total. The Balaban J connectivity index is 0.000000527. The molecule has 0 spiro atoms. The molecule has 1 aliphatic rings. The quantitative estimate of drug-likeness (QED) is 0.348. The van der Waals surface area contributed by atoms with Gasteiger partial charge in [0.05, 0.1) is 29.1 Å². The van der Waals surface area contributed by atoms with Crippen molar-refractivity contribution < 1.29 is 19.7 Å². The minimum absolute atomic E-state index is 0.0210. The Hall–Kier alpha value is -2.98. The number of ether oxygens (including phenoxy) is 2. The van der Waals surface area contributed by atoms with Gasteiger partial charge in [0.2, 0.25) is 5.88 Å². The fraction of sp³-hybridized carbons (Fsp3) is 0.400. The lowest BCUT2D eigenvalue weighted by Gasteiger charge is -2.16. The van der Waals surface area contributed by atoms with Crippen LogP contribution in [0.2, 0.25) is 5.02 Å². The number of benzene rings is 1. The molecule has 1 fully saturated rings. The molecular weight excluding hydrogens is 470 g/mol. The maximum Gasteiger partial charge on any atom is 0.225 e. The second-order valence-electron chi connectivity index (χ2n) is 9.05. The zero-order chi connectivity index (χ0) is 25.2. The number of aromatic nitrogens is 4. The van der Waals surface area contributed by atoms with Crippen LogP contribution in [0.1, 0.15) is 44.9 Å². The van der Waals surface area contributed by atoms with E-state index in [-0.39, 0.29) is 12.3 Å². The van der Waals surface area contributed by atoms with Crippen molar-refractivity contribution in [3.8, 4) is 5.88 Å². The summed E-state index contributed by atoms with van der Waals surface area (Å²) >= 11 is 6.06. The molecule has 3 aromatic heterocycles. The van der Waals surface area contributed by atoms with Gasteiger partial charge in [-0.05, 0) is 63.3 Å². The van der Waals surface area contributed by atoms with Crippen LogP contribution in [0.25, 0.3) is 21.9 Å². The normalized spacial score (nSPS) is 18.0. The number of fused-ring (bicyclic) bond motifs is 2. The van der Waals surface area contributed by atoms with E-state index in [0.717, 1.165) is 47.6 Å². The van der Waals surface area contributed by atoms with Gasteiger partial charge >= 0.3 is 0 Å². The zero-order valence-corrected chi connectivity index (χ0v) is 20.7. The Morgan fingerprint density at radius 3 is 2.71 bits per heavy atom. The molecule has 4 aromatic rings. The summed E-state index contributed by atoms with van der Waals surface area (Å²) in [4.78, 5) is 13.0. The first-order valence-electron chi connectivity index (χ1n) is 11.4. The van der Waals surface area contributed by atoms with Gasteiger partial charge in [0.1, 0.15) is 24.0 Å². The average molecular weight is 500 g/mol. The maximum absolute atomic E-state index is 8.08. The highest BCUT2D eigenvalue weighted by Crippen LogP contribution is 2.34. The zero-order valence-electron chi connectivity index (χ0n) is 20.0. The van der Waals surface area contributed by atoms with E-state index < -0.39 is 5.79 Å². The van der Waals surface area contributed by atoms with Crippen molar-refractivity contribution in [1.82, 2.24) is 19.5 Å². The molecule has 4 heterocycles. The summed E-state index contributed by atoms with van der Waals surface area (Å²) in [5, 5.41) is 18.5. The molecule has 0 radical (unpaired) electrons. The van der Waals surface area contributed by atoms with Crippen LogP contribution < -0.4 is 10.5 Å². The molecule has 0 saturated carbocycles. The summed E-state index contributed by atoms with van der Waals surface area (Å²) < 4.78 is 13.7. The van der Waals surface area contributed by atoms with E-state index in [0.29, 0.717) is 16.7 Å². The summed E-state index contributed by atoms with van der Waals surface area (Å²) in [5.74, 6) is -0.553. The number of pyridine rings is 1. The third-order valence-electron chi connectivity index (χ3n) is 5.68. The van der Waals surface area contributed by atoms with E-state index in [9.17, 15) is 0 Å². The van der Waals surface area contributed by atoms with E-state index >= 15 is 0 Å². The summed E-state index contributed by atoms with van der Waals surface area (Å²) in [6.07, 6.45) is 7.54. The number of nitrogens with two attached hydrogens (primary N) is 1. The molecule has 0 aliphatic carbocycles. The molecule has 2 unspecified atom stereocenters. The van der Waals surface area contributed by atoms with Crippen LogP contribution >= 0.6 is 11.6 Å². The highest BCUT2D eigenvalue weighted by molar-refractivity contribution is 6.33. The van der Waals surface area contributed by atoms with Crippen LogP contribution in [0.5, 0.6) is 5.88 Å². The Morgan fingerprint density at radius 2 is 1.97 bits per heavy atom. The fourth-order valence-electron chi connectivity index (χ4n) is 4.13. The van der Waals surface area contributed by atoms with E-state index in [1.165, 1.54) is 25.7 Å². The lowest BCUT2D eigenvalue weighted by atomic mass is 10.0. The lowest BCUT2D eigenvalue weighted by molar-refractivity contribution is -0.127. The van der Waals surface area contributed by atoms with Crippen molar-refractivity contribution in [2.75, 3.05) is 12.8 Å². The van der Waals surface area contributed by atoms with Crippen molar-refractivity contribution in [2.24, 2.45) is 0 Å². The molecule has 5 rings (SSSR count). The first-order chi connectivity index (χ1) is 16.6. The van der Waals surface area contributed by atoms with E-state index in [4.69, 9.17) is 37.0 Å². The predicted octanol–water partition coefficient (Wildman–Crippen LogP) is 4.24. The monoisotopic (exact) mass is 499 g/mol. The molecule has 35 heavy (non-hydrogen) atoms. The van der Waals surface area contributed by atoms with Gasteiger partial charge in [0.15, 0.2) is 5.79 Å². The maximum atomic E-state index is 8.08. The van der Waals surface area contributed by atoms with Crippen molar-refractivity contribution in [1.29, 1.82) is 0 Å². The number of aryl methyl sites for hydroxylation is 1. The second-order valence-corrected chi connectivity index (χ2v) is 9.46. The Bertz CT molecular complexity index is 1310. The van der Waals surface area contributed by atoms with E-state index in [2.05, 4.69) is 31.7 Å². The van der Waals surface area contributed by atoms with E-state index in [1.54, 1.807) is 7.11 Å². The van der Waals surface area contributed by atoms with Crippen LogP contribution in [0.15, 0.2) is 42.9 Å². The average Bonchev–Trinajstić information content (AvgIpc) is 3.44. The van der Waals surface area contributed by atoms with Gasteiger partial charge in [-0.2, -0.15) is 0 Å². The molecule has 10 heteroatoms. The summed E-state index contributed by atoms with van der Waals surface area (Å²) in [5.41, 5.74) is 8.77. The number of anilines is 1. The molecule has 1 aliphatic heterocycles. The van der Waals surface area contributed by atoms with Crippen LogP contribution in [-0.4, -0.2) is 48.7 Å². The van der Waals surface area contributed by atoms with Crippen LogP contribution in [0, 0.1) is 0 Å². The topological polar surface area (TPSA) is 129 Å². The first-order valence-corrected chi connectivity index (χ1v) is 11.8. The molecule has 4 N–H and O–H groups in total. The van der Waals surface area contributed by atoms with Gasteiger partial charge in [-0.1, -0.05) is 23.7 Å². The second kappa shape index (κ2) is 10.3. The summed E-state index contributed by atoms with van der Waals surface area (Å²) in [6.45, 7) is 2.60. The Morgan fingerprint density at radius 1 is 1.20 bits per heavy atom. The minimum Gasteiger partial charge on any atom is -0.480 e. The number of hydrogen-bond donors (Lipinski definition) is 3. The first kappa shape index (κ1) is 25.1. The molecule has 1 aromatic carbocycles. The number of halogens is 1. The third-order valence-corrected chi connectivity index (χ3v) is 5.98. The lowest BCUT2D eigenvalue weighted by Crippen LogP contribution is -2.15. The largest absolute Gasteiger partial charge is 0.480 e. The van der Waals surface area contributed by atoms with E-state index in [1.807, 2.05) is 24.4 Å². The summed E-state index contributed by atoms with van der Waals surface area (Å²) in [6, 6.07) is 10.1. The van der Waals surface area contributed by atoms with Gasteiger partial charge < -0.3 is 30.0 Å². The van der Waals surface area contributed by atoms with Gasteiger partial charge in [-0.3, -0.25) is 0 Å². The predicted molar refractivity (Wildman–Crippen MR) is 135 cm³/mol. The van der Waals surface area contributed by atoms with Crippen LogP contribution in [-0.2, 0) is 11.2 Å². The summed E-state index contributed by atoms with van der Waals surface area (Å²) in [7, 11) is 1.62. The molecule has 1 saturated heterocycles. The molecule has 186 valence electrons. The van der Waals surface area contributed by atoms with Gasteiger partial charge in [0, 0.05) is 11.6 Å². The van der Waals surface area contributed by atoms with Crippen LogP contribution in [0.4, 0.5) is 5.82 Å². The van der Waals surface area contributed by atoms with Gasteiger partial charge in [-0.25, -0.2) is 15.0 Å². The number of methoxy groups -OCH3 is 1. The van der Waals surface area contributed by atoms with Crippen LogP contribution in [0.3, 0.4) is 0 Å².